The number of para-hydroxylation sites is 1. The third kappa shape index (κ3) is 4.40. The summed E-state index contributed by atoms with van der Waals surface area (Å²) in [6.07, 6.45) is 0. The summed E-state index contributed by atoms with van der Waals surface area (Å²) in [5.41, 5.74) is 2.72. The van der Waals surface area contributed by atoms with E-state index in [1.165, 1.54) is 17.7 Å². The molecule has 1 aliphatic rings. The first kappa shape index (κ1) is 18.7. The van der Waals surface area contributed by atoms with E-state index in [2.05, 4.69) is 17.4 Å². The lowest BCUT2D eigenvalue weighted by Gasteiger charge is -2.20. The van der Waals surface area contributed by atoms with Crippen LogP contribution in [0.4, 0.5) is 15.8 Å². The highest BCUT2D eigenvalue weighted by Gasteiger charge is 2.32. The molecule has 1 heterocycles. The van der Waals surface area contributed by atoms with Crippen LogP contribution in [-0.4, -0.2) is 21.7 Å². The van der Waals surface area contributed by atoms with E-state index >= 15 is 0 Å². The maximum absolute atomic E-state index is 13.5. The highest BCUT2D eigenvalue weighted by molar-refractivity contribution is 8.14. The number of rotatable bonds is 3. The van der Waals surface area contributed by atoms with E-state index in [0.717, 1.165) is 10.9 Å². The Balaban J connectivity index is 1.61. The van der Waals surface area contributed by atoms with E-state index in [-0.39, 0.29) is 11.1 Å². The van der Waals surface area contributed by atoms with Crippen LogP contribution < -0.4 is 5.32 Å². The van der Waals surface area contributed by atoms with Gasteiger partial charge in [-0.15, -0.1) is 0 Å². The van der Waals surface area contributed by atoms with E-state index in [1.807, 2.05) is 53.4 Å². The average Bonchev–Trinajstić information content (AvgIpc) is 3.13. The maximum atomic E-state index is 13.5. The summed E-state index contributed by atoms with van der Waals surface area (Å²) < 4.78 is 13.5. The summed E-state index contributed by atoms with van der Waals surface area (Å²) in [6.45, 7) is 0.696. The number of thioether (sulfide) groups is 1. The zero-order valence-electron chi connectivity index (χ0n) is 15.0. The maximum Gasteiger partial charge on any atom is 0.179 e. The van der Waals surface area contributed by atoms with Crippen LogP contribution in [0, 0.1) is 5.82 Å². The molecule has 1 saturated heterocycles. The summed E-state index contributed by atoms with van der Waals surface area (Å²) in [5.74, 6) is -0.302. The van der Waals surface area contributed by atoms with Crippen molar-refractivity contribution in [2.75, 3.05) is 11.9 Å². The number of amidine groups is 1. The Hall–Kier alpha value is -2.70. The second-order valence-corrected chi connectivity index (χ2v) is 7.85. The third-order valence-corrected chi connectivity index (χ3v) is 5.85. The SMILES string of the molecule is Fc1cccc(NC(=S)N2CC(c3ccccc3)S/C2=N/c2ccccc2)c1. The van der Waals surface area contributed by atoms with Gasteiger partial charge in [-0.25, -0.2) is 9.38 Å². The van der Waals surface area contributed by atoms with Gasteiger partial charge in [0.1, 0.15) is 5.82 Å². The molecule has 4 rings (SSSR count). The van der Waals surface area contributed by atoms with Crippen LogP contribution >= 0.6 is 24.0 Å². The van der Waals surface area contributed by atoms with Crippen LogP contribution in [0.2, 0.25) is 0 Å². The highest BCUT2D eigenvalue weighted by atomic mass is 32.2. The normalized spacial score (nSPS) is 17.7. The summed E-state index contributed by atoms with van der Waals surface area (Å²) in [4.78, 5) is 6.78. The zero-order chi connectivity index (χ0) is 19.3. The third-order valence-electron chi connectivity index (χ3n) is 4.30. The van der Waals surface area contributed by atoms with Gasteiger partial charge in [-0.05, 0) is 48.1 Å². The number of aliphatic imine (C=N–C) groups is 1. The van der Waals surface area contributed by atoms with Crippen molar-refractivity contribution < 1.29 is 4.39 Å². The fourth-order valence-corrected chi connectivity index (χ4v) is 4.50. The molecule has 3 nitrogen and oxygen atoms in total. The molecule has 1 atom stereocenters. The van der Waals surface area contributed by atoms with Crippen molar-refractivity contribution in [3.05, 3.63) is 96.3 Å². The van der Waals surface area contributed by atoms with Gasteiger partial charge >= 0.3 is 0 Å². The van der Waals surface area contributed by atoms with E-state index in [0.29, 0.717) is 17.3 Å². The molecule has 140 valence electrons. The monoisotopic (exact) mass is 407 g/mol. The fraction of sp³-hybridized carbons (Fsp3) is 0.0909. The molecule has 0 radical (unpaired) electrons. The molecular formula is C22H18FN3S2. The van der Waals surface area contributed by atoms with Crippen molar-refractivity contribution in [1.82, 2.24) is 4.90 Å². The molecule has 3 aromatic rings. The molecule has 28 heavy (non-hydrogen) atoms. The number of nitrogens with one attached hydrogen (secondary N) is 1. The molecule has 1 fully saturated rings. The standard InChI is InChI=1S/C22H18FN3S2/c23-17-10-7-13-19(14-17)24-21(27)26-15-20(16-8-3-1-4-9-16)28-22(26)25-18-11-5-2-6-12-18/h1-14,20H,15H2,(H,24,27)/b25-22+. The Morgan fingerprint density at radius 3 is 2.43 bits per heavy atom. The first-order valence-electron chi connectivity index (χ1n) is 8.88. The second kappa shape index (κ2) is 8.54. The number of hydrogen-bond donors (Lipinski definition) is 1. The molecule has 0 bridgehead atoms. The molecule has 0 aromatic heterocycles. The molecule has 0 aliphatic carbocycles. The van der Waals surface area contributed by atoms with Crippen molar-refractivity contribution in [3.8, 4) is 0 Å². The van der Waals surface area contributed by atoms with Crippen LogP contribution in [0.3, 0.4) is 0 Å². The van der Waals surface area contributed by atoms with Crippen molar-refractivity contribution >= 4 is 45.6 Å². The largest absolute Gasteiger partial charge is 0.332 e. The minimum Gasteiger partial charge on any atom is -0.332 e. The van der Waals surface area contributed by atoms with Crippen molar-refractivity contribution in [2.45, 2.75) is 5.25 Å². The van der Waals surface area contributed by atoms with Gasteiger partial charge in [0.15, 0.2) is 10.3 Å². The molecule has 0 amide bonds. The number of anilines is 1. The van der Waals surface area contributed by atoms with E-state index in [4.69, 9.17) is 17.2 Å². The average molecular weight is 408 g/mol. The van der Waals surface area contributed by atoms with Gasteiger partial charge in [0.25, 0.3) is 0 Å². The summed E-state index contributed by atoms with van der Waals surface area (Å²) in [7, 11) is 0. The molecule has 6 heteroatoms. The van der Waals surface area contributed by atoms with Gasteiger partial charge in [-0.3, -0.25) is 4.90 Å². The number of benzene rings is 3. The molecule has 1 aliphatic heterocycles. The Bertz CT molecular complexity index is 993. The number of hydrogen-bond acceptors (Lipinski definition) is 3. The van der Waals surface area contributed by atoms with Crippen LogP contribution in [0.15, 0.2) is 89.9 Å². The summed E-state index contributed by atoms with van der Waals surface area (Å²) >= 11 is 7.32. The first-order valence-corrected chi connectivity index (χ1v) is 10.2. The van der Waals surface area contributed by atoms with Gasteiger partial charge in [-0.2, -0.15) is 0 Å². The minimum atomic E-state index is -0.302. The predicted molar refractivity (Wildman–Crippen MR) is 120 cm³/mol. The van der Waals surface area contributed by atoms with E-state index in [1.54, 1.807) is 23.9 Å². The predicted octanol–water partition coefficient (Wildman–Crippen LogP) is 6.00. The second-order valence-electron chi connectivity index (χ2n) is 6.30. The Morgan fingerprint density at radius 2 is 1.71 bits per heavy atom. The van der Waals surface area contributed by atoms with Gasteiger partial charge in [-0.1, -0.05) is 66.4 Å². The van der Waals surface area contributed by atoms with Crippen LogP contribution in [0.1, 0.15) is 10.8 Å². The van der Waals surface area contributed by atoms with Gasteiger partial charge in [0.2, 0.25) is 0 Å². The smallest absolute Gasteiger partial charge is 0.179 e. The molecule has 3 aromatic carbocycles. The molecular weight excluding hydrogens is 389 g/mol. The highest BCUT2D eigenvalue weighted by Crippen LogP contribution is 2.39. The quantitative estimate of drug-likeness (QED) is 0.539. The Labute approximate surface area is 173 Å². The van der Waals surface area contributed by atoms with Crippen LogP contribution in [0.5, 0.6) is 0 Å². The summed E-state index contributed by atoms with van der Waals surface area (Å²) in [5, 5.41) is 4.69. The number of thiocarbonyl (C=S) groups is 1. The fourth-order valence-electron chi connectivity index (χ4n) is 2.94. The van der Waals surface area contributed by atoms with Crippen molar-refractivity contribution in [2.24, 2.45) is 4.99 Å². The van der Waals surface area contributed by atoms with Crippen LogP contribution in [0.25, 0.3) is 0 Å². The van der Waals surface area contributed by atoms with Gasteiger partial charge < -0.3 is 5.32 Å². The minimum absolute atomic E-state index is 0.218. The number of nitrogens with zero attached hydrogens (tertiary/aromatic N) is 2. The van der Waals surface area contributed by atoms with Crippen molar-refractivity contribution in [3.63, 3.8) is 0 Å². The van der Waals surface area contributed by atoms with Gasteiger partial charge in [0, 0.05) is 12.2 Å². The number of halogens is 1. The lowest BCUT2D eigenvalue weighted by atomic mass is 10.1. The van der Waals surface area contributed by atoms with E-state index < -0.39 is 0 Å². The van der Waals surface area contributed by atoms with Crippen molar-refractivity contribution in [1.29, 1.82) is 0 Å². The molecule has 1 N–H and O–H groups in total. The Morgan fingerprint density at radius 1 is 1.00 bits per heavy atom. The lowest BCUT2D eigenvalue weighted by Crippen LogP contribution is -2.35. The molecule has 1 unspecified atom stereocenters. The molecule has 0 saturated carbocycles. The summed E-state index contributed by atoms with van der Waals surface area (Å²) in [6, 6.07) is 26.4. The topological polar surface area (TPSA) is 27.6 Å². The van der Waals surface area contributed by atoms with E-state index in [9.17, 15) is 4.39 Å². The van der Waals surface area contributed by atoms with Crippen LogP contribution in [-0.2, 0) is 0 Å². The zero-order valence-corrected chi connectivity index (χ0v) is 16.6. The van der Waals surface area contributed by atoms with Gasteiger partial charge in [0.05, 0.1) is 10.9 Å². The lowest BCUT2D eigenvalue weighted by molar-refractivity contribution is 0.627. The molecule has 0 spiro atoms. The first-order chi connectivity index (χ1) is 13.7. The Kier molecular flexibility index (Phi) is 5.69.